The number of ether oxygens (including phenoxy) is 4. The molecule has 1 fully saturated rings. The number of halogens is 1. The van der Waals surface area contributed by atoms with Crippen molar-refractivity contribution in [2.75, 3.05) is 41.1 Å². The highest BCUT2D eigenvalue weighted by molar-refractivity contribution is 8.18. The number of hydrogen-bond acceptors (Lipinski definition) is 8. The highest BCUT2D eigenvalue weighted by Gasteiger charge is 2.34. The Kier molecular flexibility index (Phi) is 7.52. The van der Waals surface area contributed by atoms with Gasteiger partial charge in [0.15, 0.2) is 18.1 Å². The van der Waals surface area contributed by atoms with E-state index in [4.69, 9.17) is 25.8 Å². The molecule has 146 valence electrons. The van der Waals surface area contributed by atoms with E-state index in [1.165, 1.54) is 27.4 Å². The lowest BCUT2D eigenvalue weighted by Crippen LogP contribution is -2.31. The molecule has 0 radical (unpaired) electrons. The van der Waals surface area contributed by atoms with Gasteiger partial charge in [0.05, 0.1) is 37.3 Å². The smallest absolute Gasteiger partial charge is 0.343 e. The van der Waals surface area contributed by atoms with Gasteiger partial charge in [0.25, 0.3) is 11.1 Å². The van der Waals surface area contributed by atoms with Gasteiger partial charge in [-0.25, -0.2) is 4.79 Å². The lowest BCUT2D eigenvalue weighted by molar-refractivity contribution is -0.142. The number of hydrogen-bond donors (Lipinski definition) is 0. The second kappa shape index (κ2) is 9.63. The van der Waals surface area contributed by atoms with E-state index >= 15 is 0 Å². The number of nitrogens with zero attached hydrogens (tertiary/aromatic N) is 1. The van der Waals surface area contributed by atoms with Gasteiger partial charge in [0.1, 0.15) is 0 Å². The minimum Gasteiger partial charge on any atom is -0.493 e. The Bertz CT molecular complexity index is 781. The lowest BCUT2D eigenvalue weighted by atomic mass is 10.1. The standard InChI is InChI=1S/C17H18ClNO7S/c1-23-5-4-19-16(21)13(27-17(19)22)8-10-6-11(18)15(12(7-10)24-2)26-9-14(20)25-3/h6-8H,4-5,9H2,1-3H3/b13-8+. The van der Waals surface area contributed by atoms with Crippen molar-refractivity contribution < 1.29 is 33.3 Å². The van der Waals surface area contributed by atoms with E-state index < -0.39 is 11.9 Å². The van der Waals surface area contributed by atoms with Crippen LogP contribution >= 0.6 is 23.4 Å². The summed E-state index contributed by atoms with van der Waals surface area (Å²) in [7, 11) is 4.15. The molecule has 0 unspecified atom stereocenters. The van der Waals surface area contributed by atoms with Crippen LogP contribution in [0.25, 0.3) is 6.08 Å². The van der Waals surface area contributed by atoms with Crippen molar-refractivity contribution in [2.45, 2.75) is 0 Å². The van der Waals surface area contributed by atoms with E-state index in [2.05, 4.69) is 4.74 Å². The second-order valence-electron chi connectivity index (χ2n) is 5.23. The summed E-state index contributed by atoms with van der Waals surface area (Å²) in [5.41, 5.74) is 0.541. The summed E-state index contributed by atoms with van der Waals surface area (Å²) in [6.45, 7) is 0.115. The molecule has 1 heterocycles. The van der Waals surface area contributed by atoms with Crippen LogP contribution in [0.4, 0.5) is 4.79 Å². The highest BCUT2D eigenvalue weighted by Crippen LogP contribution is 2.38. The molecule has 1 saturated heterocycles. The molecule has 0 atom stereocenters. The summed E-state index contributed by atoms with van der Waals surface area (Å²) in [6, 6.07) is 3.13. The zero-order chi connectivity index (χ0) is 20.0. The van der Waals surface area contributed by atoms with Crippen molar-refractivity contribution in [1.29, 1.82) is 0 Å². The fourth-order valence-corrected chi connectivity index (χ4v) is 3.32. The molecule has 0 aliphatic carbocycles. The average molecular weight is 416 g/mol. The van der Waals surface area contributed by atoms with Crippen molar-refractivity contribution in [3.63, 3.8) is 0 Å². The van der Waals surface area contributed by atoms with Crippen LogP contribution in [0.5, 0.6) is 11.5 Å². The van der Waals surface area contributed by atoms with E-state index in [-0.39, 0.29) is 46.4 Å². The molecular formula is C17H18ClNO7S. The van der Waals surface area contributed by atoms with Gasteiger partial charge in [-0.15, -0.1) is 0 Å². The van der Waals surface area contributed by atoms with Crippen molar-refractivity contribution in [3.05, 3.63) is 27.6 Å². The number of thioether (sulfide) groups is 1. The van der Waals surface area contributed by atoms with Crippen LogP contribution in [0.15, 0.2) is 17.0 Å². The first-order chi connectivity index (χ1) is 12.9. The van der Waals surface area contributed by atoms with Gasteiger partial charge >= 0.3 is 5.97 Å². The van der Waals surface area contributed by atoms with Gasteiger partial charge in [-0.05, 0) is 35.5 Å². The number of amides is 2. The van der Waals surface area contributed by atoms with E-state index in [1.807, 2.05) is 0 Å². The quantitative estimate of drug-likeness (QED) is 0.472. The molecule has 0 N–H and O–H groups in total. The second-order valence-corrected chi connectivity index (χ2v) is 6.63. The Hall–Kier alpha value is -2.23. The molecule has 2 rings (SSSR count). The molecule has 2 amide bonds. The Balaban J connectivity index is 2.25. The van der Waals surface area contributed by atoms with Gasteiger partial charge in [-0.2, -0.15) is 0 Å². The number of methoxy groups -OCH3 is 3. The van der Waals surface area contributed by atoms with Crippen LogP contribution in [0.1, 0.15) is 5.56 Å². The van der Waals surface area contributed by atoms with Crippen LogP contribution in [0.3, 0.4) is 0 Å². The summed E-state index contributed by atoms with van der Waals surface area (Å²) in [4.78, 5) is 37.0. The summed E-state index contributed by atoms with van der Waals surface area (Å²) < 4.78 is 20.0. The van der Waals surface area contributed by atoms with Crippen LogP contribution in [-0.2, 0) is 19.1 Å². The van der Waals surface area contributed by atoms with Gasteiger partial charge in [-0.1, -0.05) is 11.6 Å². The maximum absolute atomic E-state index is 12.4. The maximum atomic E-state index is 12.4. The van der Waals surface area contributed by atoms with Crippen LogP contribution < -0.4 is 9.47 Å². The molecule has 27 heavy (non-hydrogen) atoms. The van der Waals surface area contributed by atoms with E-state index in [0.717, 1.165) is 16.7 Å². The van der Waals surface area contributed by atoms with Gasteiger partial charge in [-0.3, -0.25) is 14.5 Å². The minimum atomic E-state index is -0.568. The number of carbonyl (C=O) groups excluding carboxylic acids is 3. The fourth-order valence-electron chi connectivity index (χ4n) is 2.18. The molecule has 1 aliphatic heterocycles. The summed E-state index contributed by atoms with van der Waals surface area (Å²) in [6.07, 6.45) is 1.54. The van der Waals surface area contributed by atoms with E-state index in [0.29, 0.717) is 5.56 Å². The van der Waals surface area contributed by atoms with Crippen molar-refractivity contribution in [3.8, 4) is 11.5 Å². The molecule has 0 saturated carbocycles. The Morgan fingerprint density at radius 3 is 2.63 bits per heavy atom. The number of carbonyl (C=O) groups is 3. The largest absolute Gasteiger partial charge is 0.493 e. The molecule has 8 nitrogen and oxygen atoms in total. The molecule has 1 aliphatic rings. The zero-order valence-corrected chi connectivity index (χ0v) is 16.5. The molecule has 0 aromatic heterocycles. The third kappa shape index (κ3) is 5.15. The fraction of sp³-hybridized carbons (Fsp3) is 0.353. The van der Waals surface area contributed by atoms with Gasteiger partial charge < -0.3 is 18.9 Å². The Labute approximate surface area is 165 Å². The monoisotopic (exact) mass is 415 g/mol. The topological polar surface area (TPSA) is 91.4 Å². The van der Waals surface area contributed by atoms with E-state index in [1.54, 1.807) is 12.1 Å². The third-order valence-electron chi connectivity index (χ3n) is 3.50. The van der Waals surface area contributed by atoms with Crippen molar-refractivity contribution >= 4 is 46.6 Å². The minimum absolute atomic E-state index is 0.176. The molecular weight excluding hydrogens is 398 g/mol. The number of benzene rings is 1. The van der Waals surface area contributed by atoms with Gasteiger partial charge in [0.2, 0.25) is 0 Å². The zero-order valence-electron chi connectivity index (χ0n) is 14.9. The van der Waals surface area contributed by atoms with Gasteiger partial charge in [0, 0.05) is 7.11 Å². The van der Waals surface area contributed by atoms with Crippen molar-refractivity contribution in [2.24, 2.45) is 0 Å². The van der Waals surface area contributed by atoms with Crippen LogP contribution in [0.2, 0.25) is 5.02 Å². The third-order valence-corrected chi connectivity index (χ3v) is 4.69. The lowest BCUT2D eigenvalue weighted by Gasteiger charge is -2.13. The number of esters is 1. The normalized spacial score (nSPS) is 15.4. The summed E-state index contributed by atoms with van der Waals surface area (Å²) >= 11 is 7.05. The maximum Gasteiger partial charge on any atom is 0.343 e. The predicted molar refractivity (Wildman–Crippen MR) is 100 cm³/mol. The molecule has 10 heteroatoms. The molecule has 1 aromatic carbocycles. The average Bonchev–Trinajstić information content (AvgIpc) is 2.91. The first kappa shape index (κ1) is 21.1. The SMILES string of the molecule is COCCN1C(=O)S/C(=C/c2cc(Cl)c(OCC(=O)OC)c(OC)c2)C1=O. The Morgan fingerprint density at radius 2 is 2.00 bits per heavy atom. The van der Waals surface area contributed by atoms with Crippen LogP contribution in [0, 0.1) is 0 Å². The first-order valence-electron chi connectivity index (χ1n) is 7.72. The molecule has 0 spiro atoms. The van der Waals surface area contributed by atoms with E-state index in [9.17, 15) is 14.4 Å². The predicted octanol–water partition coefficient (Wildman–Crippen LogP) is 2.58. The Morgan fingerprint density at radius 1 is 1.26 bits per heavy atom. The van der Waals surface area contributed by atoms with Crippen LogP contribution in [-0.4, -0.2) is 63.1 Å². The highest BCUT2D eigenvalue weighted by atomic mass is 35.5. The molecule has 0 bridgehead atoms. The van der Waals surface area contributed by atoms with Crippen molar-refractivity contribution in [1.82, 2.24) is 4.90 Å². The number of rotatable bonds is 8. The summed E-state index contributed by atoms with van der Waals surface area (Å²) in [5.74, 6) is -0.517. The molecule has 1 aromatic rings. The summed E-state index contributed by atoms with van der Waals surface area (Å²) in [5, 5.41) is -0.178. The first-order valence-corrected chi connectivity index (χ1v) is 8.92. The number of imide groups is 1.